The number of carbonyl (C=O) groups is 1. The third kappa shape index (κ3) is 4.49. The Morgan fingerprint density at radius 2 is 2.05 bits per heavy atom. The van der Waals surface area contributed by atoms with Crippen LogP contribution in [0.2, 0.25) is 0 Å². The molecule has 0 bridgehead atoms. The van der Waals surface area contributed by atoms with Gasteiger partial charge in [0.1, 0.15) is 5.75 Å². The van der Waals surface area contributed by atoms with Gasteiger partial charge in [0.25, 0.3) is 0 Å². The first-order chi connectivity index (χ1) is 10.2. The lowest BCUT2D eigenvalue weighted by Crippen LogP contribution is -2.22. The van der Waals surface area contributed by atoms with Crippen molar-refractivity contribution in [3.8, 4) is 5.75 Å². The van der Waals surface area contributed by atoms with E-state index in [2.05, 4.69) is 10.3 Å². The summed E-state index contributed by atoms with van der Waals surface area (Å²) >= 11 is 1.43. The molecule has 5 heteroatoms. The van der Waals surface area contributed by atoms with Crippen LogP contribution in [-0.4, -0.2) is 22.7 Å². The van der Waals surface area contributed by atoms with Gasteiger partial charge in [-0.05, 0) is 38.1 Å². The smallest absolute Gasteiger partial charge is 0.237 e. The molecule has 1 unspecified atom stereocenters. The highest BCUT2D eigenvalue weighted by atomic mass is 32.2. The molecule has 110 valence electrons. The summed E-state index contributed by atoms with van der Waals surface area (Å²) in [5.41, 5.74) is 0.692. The highest BCUT2D eigenvalue weighted by Gasteiger charge is 2.16. The van der Waals surface area contributed by atoms with Gasteiger partial charge in [-0.2, -0.15) is 0 Å². The van der Waals surface area contributed by atoms with E-state index < -0.39 is 0 Å². The first-order valence-corrected chi connectivity index (χ1v) is 7.69. The molecule has 0 saturated carbocycles. The summed E-state index contributed by atoms with van der Waals surface area (Å²) < 4.78 is 5.50. The van der Waals surface area contributed by atoms with Gasteiger partial charge in [-0.15, -0.1) is 0 Å². The first kappa shape index (κ1) is 15.4. The van der Waals surface area contributed by atoms with Gasteiger partial charge in [0.15, 0.2) is 0 Å². The predicted octanol–water partition coefficient (Wildman–Crippen LogP) is 3.60. The van der Waals surface area contributed by atoms with E-state index in [1.165, 1.54) is 11.8 Å². The third-order valence-electron chi connectivity index (χ3n) is 2.75. The Morgan fingerprint density at radius 3 is 2.76 bits per heavy atom. The third-order valence-corrected chi connectivity index (χ3v) is 3.80. The molecule has 4 nitrogen and oxygen atoms in total. The molecule has 1 amide bonds. The quantitative estimate of drug-likeness (QED) is 0.828. The maximum Gasteiger partial charge on any atom is 0.237 e. The van der Waals surface area contributed by atoms with Crippen LogP contribution in [0.1, 0.15) is 13.8 Å². The normalized spacial score (nSPS) is 11.7. The van der Waals surface area contributed by atoms with Crippen LogP contribution in [0.5, 0.6) is 5.75 Å². The van der Waals surface area contributed by atoms with E-state index in [-0.39, 0.29) is 11.2 Å². The number of hydrogen-bond acceptors (Lipinski definition) is 4. The Labute approximate surface area is 128 Å². The van der Waals surface area contributed by atoms with Crippen LogP contribution >= 0.6 is 11.8 Å². The number of carbonyl (C=O) groups excluding carboxylic acids is 1. The van der Waals surface area contributed by atoms with Crippen LogP contribution in [0.4, 0.5) is 5.69 Å². The van der Waals surface area contributed by atoms with Gasteiger partial charge in [0.2, 0.25) is 5.91 Å². The molecule has 0 saturated heterocycles. The number of nitrogens with one attached hydrogen (secondary N) is 1. The lowest BCUT2D eigenvalue weighted by molar-refractivity contribution is -0.115. The molecule has 1 atom stereocenters. The maximum absolute atomic E-state index is 12.3. The highest BCUT2D eigenvalue weighted by Crippen LogP contribution is 2.26. The minimum absolute atomic E-state index is 0.0715. The largest absolute Gasteiger partial charge is 0.492 e. The van der Waals surface area contributed by atoms with Crippen LogP contribution in [0.15, 0.2) is 53.7 Å². The number of hydrogen-bond donors (Lipinski definition) is 1. The van der Waals surface area contributed by atoms with Crippen molar-refractivity contribution in [1.29, 1.82) is 0 Å². The predicted molar refractivity (Wildman–Crippen MR) is 85.8 cm³/mol. The van der Waals surface area contributed by atoms with E-state index in [0.717, 1.165) is 5.03 Å². The number of para-hydroxylation sites is 2. The number of thioether (sulfide) groups is 1. The zero-order valence-electron chi connectivity index (χ0n) is 12.1. The number of ether oxygens (including phenoxy) is 1. The molecule has 0 aliphatic rings. The maximum atomic E-state index is 12.3. The van der Waals surface area contributed by atoms with Crippen molar-refractivity contribution in [1.82, 2.24) is 4.98 Å². The minimum atomic E-state index is -0.241. The summed E-state index contributed by atoms with van der Waals surface area (Å²) in [7, 11) is 0. The molecule has 0 aliphatic heterocycles. The second-order valence-electron chi connectivity index (χ2n) is 4.35. The van der Waals surface area contributed by atoms with Crippen molar-refractivity contribution in [2.24, 2.45) is 0 Å². The fraction of sp³-hybridized carbons (Fsp3) is 0.250. The number of amides is 1. The molecule has 2 rings (SSSR count). The van der Waals surface area contributed by atoms with Gasteiger partial charge < -0.3 is 10.1 Å². The first-order valence-electron chi connectivity index (χ1n) is 6.81. The SMILES string of the molecule is CCOc1ccccc1NC(=O)C(C)Sc1ccccn1. The van der Waals surface area contributed by atoms with Gasteiger partial charge in [-0.3, -0.25) is 4.79 Å². The Bertz CT molecular complexity index is 590. The lowest BCUT2D eigenvalue weighted by atomic mass is 10.3. The molecule has 0 spiro atoms. The van der Waals surface area contributed by atoms with Crippen molar-refractivity contribution in [2.75, 3.05) is 11.9 Å². The number of anilines is 1. The minimum Gasteiger partial charge on any atom is -0.492 e. The molecule has 1 N–H and O–H groups in total. The van der Waals surface area contributed by atoms with E-state index in [0.29, 0.717) is 18.0 Å². The van der Waals surface area contributed by atoms with Gasteiger partial charge in [0.05, 0.1) is 22.6 Å². The fourth-order valence-electron chi connectivity index (χ4n) is 1.74. The zero-order chi connectivity index (χ0) is 15.1. The van der Waals surface area contributed by atoms with Gasteiger partial charge in [-0.1, -0.05) is 30.0 Å². The topological polar surface area (TPSA) is 51.2 Å². The Hall–Kier alpha value is -2.01. The second kappa shape index (κ2) is 7.69. The van der Waals surface area contributed by atoms with Crippen molar-refractivity contribution >= 4 is 23.4 Å². The van der Waals surface area contributed by atoms with Gasteiger partial charge in [0, 0.05) is 6.20 Å². The average molecular weight is 302 g/mol. The molecule has 0 radical (unpaired) electrons. The van der Waals surface area contributed by atoms with Crippen molar-refractivity contribution < 1.29 is 9.53 Å². The van der Waals surface area contributed by atoms with Crippen LogP contribution in [0.3, 0.4) is 0 Å². The summed E-state index contributed by atoms with van der Waals surface area (Å²) in [5, 5.41) is 3.49. The summed E-state index contributed by atoms with van der Waals surface area (Å²) in [5.74, 6) is 0.612. The Morgan fingerprint density at radius 1 is 1.29 bits per heavy atom. The monoisotopic (exact) mass is 302 g/mol. The van der Waals surface area contributed by atoms with Crippen LogP contribution in [-0.2, 0) is 4.79 Å². The fourth-order valence-corrected chi connectivity index (χ4v) is 2.54. The summed E-state index contributed by atoms with van der Waals surface area (Å²) in [4.78, 5) is 16.5. The molecule has 2 aromatic rings. The standard InChI is InChI=1S/C16H18N2O2S/c1-3-20-14-9-5-4-8-13(14)18-16(19)12(2)21-15-10-6-7-11-17-15/h4-12H,3H2,1-2H3,(H,18,19). The van der Waals surface area contributed by atoms with E-state index in [9.17, 15) is 4.79 Å². The van der Waals surface area contributed by atoms with Crippen molar-refractivity contribution in [2.45, 2.75) is 24.1 Å². The molecular formula is C16H18N2O2S. The zero-order valence-corrected chi connectivity index (χ0v) is 12.9. The summed E-state index contributed by atoms with van der Waals surface area (Å²) in [6, 6.07) is 13.1. The number of benzene rings is 1. The van der Waals surface area contributed by atoms with E-state index in [4.69, 9.17) is 4.74 Å². The average Bonchev–Trinajstić information content (AvgIpc) is 2.50. The van der Waals surface area contributed by atoms with Crippen LogP contribution < -0.4 is 10.1 Å². The molecule has 1 aromatic heterocycles. The molecule has 1 aromatic carbocycles. The Balaban J connectivity index is 2.01. The summed E-state index contributed by atoms with van der Waals surface area (Å²) in [6.45, 7) is 4.33. The summed E-state index contributed by atoms with van der Waals surface area (Å²) in [6.07, 6.45) is 1.72. The van der Waals surface area contributed by atoms with E-state index in [1.807, 2.05) is 56.3 Å². The lowest BCUT2D eigenvalue weighted by Gasteiger charge is -2.14. The molecule has 0 fully saturated rings. The van der Waals surface area contributed by atoms with Crippen molar-refractivity contribution in [3.05, 3.63) is 48.7 Å². The number of pyridine rings is 1. The van der Waals surface area contributed by atoms with Gasteiger partial charge >= 0.3 is 0 Å². The van der Waals surface area contributed by atoms with Crippen molar-refractivity contribution in [3.63, 3.8) is 0 Å². The second-order valence-corrected chi connectivity index (χ2v) is 5.71. The van der Waals surface area contributed by atoms with Gasteiger partial charge in [-0.25, -0.2) is 4.98 Å². The van der Waals surface area contributed by atoms with E-state index in [1.54, 1.807) is 6.20 Å². The molecular weight excluding hydrogens is 284 g/mol. The molecule has 1 heterocycles. The van der Waals surface area contributed by atoms with Crippen LogP contribution in [0.25, 0.3) is 0 Å². The molecule has 21 heavy (non-hydrogen) atoms. The van der Waals surface area contributed by atoms with E-state index >= 15 is 0 Å². The number of nitrogens with zero attached hydrogens (tertiary/aromatic N) is 1. The highest BCUT2D eigenvalue weighted by molar-refractivity contribution is 8.00. The molecule has 0 aliphatic carbocycles. The number of rotatable bonds is 6. The Kier molecular flexibility index (Phi) is 5.63. The number of aromatic nitrogens is 1. The van der Waals surface area contributed by atoms with Crippen LogP contribution in [0, 0.1) is 0 Å².